The topological polar surface area (TPSA) is 29.5 Å². The van der Waals surface area contributed by atoms with E-state index in [4.69, 9.17) is 4.74 Å². The van der Waals surface area contributed by atoms with E-state index in [9.17, 15) is 5.11 Å². The third kappa shape index (κ3) is 2.51. The molecule has 2 nitrogen and oxygen atoms in total. The minimum atomic E-state index is -0.544. The average molecular weight is 333 g/mol. The predicted octanol–water partition coefficient (Wildman–Crippen LogP) is 4.96. The fraction of sp³-hybridized carbons (Fsp3) is 0.909. The minimum absolute atomic E-state index is 0.508. The maximum atomic E-state index is 10.8. The monoisotopic (exact) mass is 332 g/mol. The van der Waals surface area contributed by atoms with Crippen molar-refractivity contribution in [1.29, 1.82) is 0 Å². The van der Waals surface area contributed by atoms with Gasteiger partial charge in [-0.3, -0.25) is 0 Å². The molecule has 136 valence electrons. The average Bonchev–Trinajstić information content (AvgIpc) is 2.90. The van der Waals surface area contributed by atoms with Gasteiger partial charge < -0.3 is 9.84 Å². The molecule has 7 atom stereocenters. The Hall–Kier alpha value is -0.340. The summed E-state index contributed by atoms with van der Waals surface area (Å²) in [6.07, 6.45) is 14.0. The Kier molecular flexibility index (Phi) is 4.36. The van der Waals surface area contributed by atoms with E-state index in [-0.39, 0.29) is 0 Å². The summed E-state index contributed by atoms with van der Waals surface area (Å²) in [4.78, 5) is 0. The molecule has 1 N–H and O–H groups in total. The van der Waals surface area contributed by atoms with Gasteiger partial charge in [-0.05, 0) is 99.7 Å². The lowest BCUT2D eigenvalue weighted by atomic mass is 9.49. The van der Waals surface area contributed by atoms with Crippen molar-refractivity contribution in [3.8, 4) is 0 Å². The molecule has 4 aliphatic carbocycles. The summed E-state index contributed by atoms with van der Waals surface area (Å²) in [7, 11) is 1.72. The molecular weight excluding hydrogens is 296 g/mol. The van der Waals surface area contributed by atoms with Gasteiger partial charge in [0.05, 0.1) is 12.2 Å². The van der Waals surface area contributed by atoms with Crippen LogP contribution in [0.3, 0.4) is 0 Å². The van der Waals surface area contributed by atoms with E-state index >= 15 is 0 Å². The van der Waals surface area contributed by atoms with Gasteiger partial charge in [0.2, 0.25) is 0 Å². The van der Waals surface area contributed by atoms with Crippen LogP contribution in [-0.2, 0) is 4.74 Å². The highest BCUT2D eigenvalue weighted by Gasteiger charge is 2.56. The van der Waals surface area contributed by atoms with E-state index in [1.807, 2.05) is 0 Å². The first-order chi connectivity index (χ1) is 11.5. The van der Waals surface area contributed by atoms with Gasteiger partial charge in [-0.2, -0.15) is 0 Å². The summed E-state index contributed by atoms with van der Waals surface area (Å²) in [5.74, 6) is 4.44. The van der Waals surface area contributed by atoms with Crippen molar-refractivity contribution < 1.29 is 9.84 Å². The Morgan fingerprint density at radius 1 is 1.08 bits per heavy atom. The van der Waals surface area contributed by atoms with Crippen molar-refractivity contribution in [2.24, 2.45) is 35.0 Å². The van der Waals surface area contributed by atoms with Crippen LogP contribution in [-0.4, -0.2) is 24.4 Å². The summed E-state index contributed by atoms with van der Waals surface area (Å²) < 4.78 is 5.31. The van der Waals surface area contributed by atoms with Gasteiger partial charge in [0, 0.05) is 7.11 Å². The predicted molar refractivity (Wildman–Crippen MR) is 97.7 cm³/mol. The molecular formula is C22H36O2. The van der Waals surface area contributed by atoms with Crippen LogP contribution in [0.4, 0.5) is 0 Å². The third-order valence-electron chi connectivity index (χ3n) is 8.71. The van der Waals surface area contributed by atoms with Crippen molar-refractivity contribution in [3.05, 3.63) is 11.6 Å². The summed E-state index contributed by atoms with van der Waals surface area (Å²) in [6.45, 7) is 5.35. The molecule has 4 saturated carbocycles. The second kappa shape index (κ2) is 6.13. The quantitative estimate of drug-likeness (QED) is 0.724. The zero-order valence-electron chi connectivity index (χ0n) is 15.9. The molecule has 4 aliphatic rings. The van der Waals surface area contributed by atoms with Gasteiger partial charge in [-0.1, -0.05) is 18.6 Å². The van der Waals surface area contributed by atoms with Crippen LogP contribution in [0, 0.1) is 35.0 Å². The van der Waals surface area contributed by atoms with E-state index in [0.29, 0.717) is 12.0 Å². The lowest BCUT2D eigenvalue weighted by molar-refractivity contribution is -0.119. The molecule has 2 heteroatoms. The standard InChI is InChI=1S/C22H36O2/c1-4-16-6-8-20-19-7-5-15-13-22(23,14-24-3)12-10-17(15)18(19)9-11-21(16,20)2/h4,15,17-20,23H,5-14H2,1-3H3/t15-,17+,18-,19-,20+,21-,22-/m1/s1. The number of aliphatic hydroxyl groups is 1. The number of hydrogen-bond acceptors (Lipinski definition) is 2. The Morgan fingerprint density at radius 3 is 2.62 bits per heavy atom. The lowest BCUT2D eigenvalue weighted by Gasteiger charge is -2.56. The summed E-state index contributed by atoms with van der Waals surface area (Å²) >= 11 is 0. The largest absolute Gasteiger partial charge is 0.387 e. The fourth-order valence-electron chi connectivity index (χ4n) is 7.68. The number of rotatable bonds is 2. The second-order valence-electron chi connectivity index (χ2n) is 9.64. The molecule has 0 amide bonds. The van der Waals surface area contributed by atoms with E-state index in [1.165, 1.54) is 44.9 Å². The lowest BCUT2D eigenvalue weighted by Crippen LogP contribution is -2.51. The van der Waals surface area contributed by atoms with Crippen LogP contribution < -0.4 is 0 Å². The van der Waals surface area contributed by atoms with E-state index in [2.05, 4.69) is 19.9 Å². The highest BCUT2D eigenvalue weighted by Crippen LogP contribution is 2.64. The minimum Gasteiger partial charge on any atom is -0.387 e. The van der Waals surface area contributed by atoms with Gasteiger partial charge in [0.25, 0.3) is 0 Å². The van der Waals surface area contributed by atoms with Crippen molar-refractivity contribution in [2.75, 3.05) is 13.7 Å². The van der Waals surface area contributed by atoms with E-state index in [0.717, 1.165) is 42.4 Å². The second-order valence-corrected chi connectivity index (χ2v) is 9.64. The van der Waals surface area contributed by atoms with Gasteiger partial charge >= 0.3 is 0 Å². The molecule has 0 heterocycles. The number of hydrogen-bond donors (Lipinski definition) is 1. The first kappa shape index (κ1) is 17.1. The molecule has 0 aliphatic heterocycles. The number of allylic oxidation sites excluding steroid dienone is 2. The normalized spacial score (nSPS) is 52.7. The van der Waals surface area contributed by atoms with Crippen LogP contribution in [0.2, 0.25) is 0 Å². The number of ether oxygens (including phenoxy) is 1. The van der Waals surface area contributed by atoms with Gasteiger partial charge in [0.1, 0.15) is 0 Å². The molecule has 0 bridgehead atoms. The van der Waals surface area contributed by atoms with Crippen LogP contribution in [0.15, 0.2) is 11.6 Å². The molecule has 24 heavy (non-hydrogen) atoms. The number of fused-ring (bicyclic) bond motifs is 5. The molecule has 0 saturated heterocycles. The highest BCUT2D eigenvalue weighted by atomic mass is 16.5. The van der Waals surface area contributed by atoms with Crippen LogP contribution in [0.5, 0.6) is 0 Å². The Bertz CT molecular complexity index is 512. The Balaban J connectivity index is 1.52. The molecule has 0 aromatic heterocycles. The van der Waals surface area contributed by atoms with Crippen molar-refractivity contribution >= 4 is 0 Å². The fourth-order valence-corrected chi connectivity index (χ4v) is 7.68. The first-order valence-corrected chi connectivity index (χ1v) is 10.4. The SMILES string of the molecule is CC=C1CC[C@H]2[C@@H]3CC[C@@H]4C[C@@](O)(COC)CC[C@@H]4[C@H]3CC[C@]12C. The third-order valence-corrected chi connectivity index (χ3v) is 8.71. The molecule has 0 aromatic rings. The van der Waals surface area contributed by atoms with Gasteiger partial charge in [0.15, 0.2) is 0 Å². The van der Waals surface area contributed by atoms with Crippen molar-refractivity contribution in [3.63, 3.8) is 0 Å². The van der Waals surface area contributed by atoms with Gasteiger partial charge in [-0.15, -0.1) is 0 Å². The van der Waals surface area contributed by atoms with Crippen molar-refractivity contribution in [1.82, 2.24) is 0 Å². The maximum Gasteiger partial charge on any atom is 0.0882 e. The molecule has 0 unspecified atom stereocenters. The van der Waals surface area contributed by atoms with Gasteiger partial charge in [-0.25, -0.2) is 0 Å². The first-order valence-electron chi connectivity index (χ1n) is 10.4. The summed E-state index contributed by atoms with van der Waals surface area (Å²) in [5.41, 5.74) is 1.72. The van der Waals surface area contributed by atoms with Crippen LogP contribution in [0.25, 0.3) is 0 Å². The summed E-state index contributed by atoms with van der Waals surface area (Å²) in [6, 6.07) is 0. The zero-order chi connectivity index (χ0) is 16.9. The molecule has 0 spiro atoms. The summed E-state index contributed by atoms with van der Waals surface area (Å²) in [5, 5.41) is 10.8. The number of methoxy groups -OCH3 is 1. The maximum absolute atomic E-state index is 10.8. The van der Waals surface area contributed by atoms with Crippen molar-refractivity contribution in [2.45, 2.75) is 77.2 Å². The smallest absolute Gasteiger partial charge is 0.0882 e. The van der Waals surface area contributed by atoms with Crippen LogP contribution in [0.1, 0.15) is 71.6 Å². The van der Waals surface area contributed by atoms with E-state index in [1.54, 1.807) is 12.7 Å². The van der Waals surface area contributed by atoms with E-state index < -0.39 is 5.60 Å². The Labute approximate surface area is 148 Å². The van der Waals surface area contributed by atoms with Crippen LogP contribution >= 0.6 is 0 Å². The molecule has 4 fully saturated rings. The Morgan fingerprint density at radius 2 is 1.88 bits per heavy atom. The molecule has 4 rings (SSSR count). The molecule has 0 radical (unpaired) electrons. The highest BCUT2D eigenvalue weighted by molar-refractivity contribution is 5.23. The molecule has 0 aromatic carbocycles. The zero-order valence-corrected chi connectivity index (χ0v) is 15.9.